The summed E-state index contributed by atoms with van der Waals surface area (Å²) in [6.07, 6.45) is 0.114. The standard InChI is InChI=1S/C22H20FN3O4S/c1-29-16-7-6-13(9-17(16)30-2)15-10-18(27)24-20-19(15)21(28)26-22(25-20)31-11-12-4-3-5-14(23)8-12/h3-9,15H,10-11H2,1-2H3,(H2,24,25,26,27,28). The Bertz CT molecular complexity index is 1200. The number of H-pyrrole nitrogens is 1. The summed E-state index contributed by atoms with van der Waals surface area (Å²) in [6.45, 7) is 0. The molecule has 1 unspecified atom stereocenters. The van der Waals surface area contributed by atoms with E-state index in [1.807, 2.05) is 0 Å². The number of rotatable bonds is 6. The summed E-state index contributed by atoms with van der Waals surface area (Å²) in [4.78, 5) is 32.5. The Hall–Kier alpha value is -3.33. The molecule has 0 bridgehead atoms. The Morgan fingerprint density at radius 2 is 1.94 bits per heavy atom. The van der Waals surface area contributed by atoms with Gasteiger partial charge in [-0.25, -0.2) is 9.37 Å². The lowest BCUT2D eigenvalue weighted by Gasteiger charge is -2.25. The topological polar surface area (TPSA) is 93.3 Å². The molecular weight excluding hydrogens is 421 g/mol. The molecule has 1 amide bonds. The third-order valence-corrected chi connectivity index (χ3v) is 5.95. The van der Waals surface area contributed by atoms with Crippen molar-refractivity contribution in [3.05, 3.63) is 75.3 Å². The lowest BCUT2D eigenvalue weighted by Crippen LogP contribution is -2.31. The van der Waals surface area contributed by atoms with Gasteiger partial charge in [0.15, 0.2) is 16.7 Å². The maximum atomic E-state index is 13.4. The molecule has 2 heterocycles. The number of aromatic nitrogens is 2. The van der Waals surface area contributed by atoms with Gasteiger partial charge in [0.2, 0.25) is 5.91 Å². The maximum absolute atomic E-state index is 13.4. The first-order valence-electron chi connectivity index (χ1n) is 9.51. The fourth-order valence-corrected chi connectivity index (χ4v) is 4.36. The minimum Gasteiger partial charge on any atom is -0.493 e. The molecule has 0 saturated carbocycles. The number of hydrogen-bond donors (Lipinski definition) is 2. The molecule has 0 spiro atoms. The van der Waals surface area contributed by atoms with Crippen LogP contribution in [0.3, 0.4) is 0 Å². The van der Waals surface area contributed by atoms with Gasteiger partial charge in [0.1, 0.15) is 11.6 Å². The molecule has 1 aromatic heterocycles. The number of carbonyl (C=O) groups is 1. The van der Waals surface area contributed by atoms with Crippen LogP contribution in [0.5, 0.6) is 11.5 Å². The number of fused-ring (bicyclic) bond motifs is 1. The van der Waals surface area contributed by atoms with E-state index in [0.29, 0.717) is 28.0 Å². The monoisotopic (exact) mass is 441 g/mol. The minimum atomic E-state index is -0.470. The van der Waals surface area contributed by atoms with Crippen LogP contribution in [0.2, 0.25) is 0 Å². The van der Waals surface area contributed by atoms with E-state index in [-0.39, 0.29) is 29.5 Å². The molecule has 7 nitrogen and oxygen atoms in total. The molecule has 160 valence electrons. The van der Waals surface area contributed by atoms with Crippen LogP contribution in [0.15, 0.2) is 52.4 Å². The molecule has 4 rings (SSSR count). The van der Waals surface area contributed by atoms with Crippen molar-refractivity contribution in [3.8, 4) is 11.5 Å². The average molecular weight is 441 g/mol. The molecule has 0 aliphatic carbocycles. The third-order valence-electron chi connectivity index (χ3n) is 5.00. The van der Waals surface area contributed by atoms with Crippen molar-refractivity contribution in [2.24, 2.45) is 0 Å². The molecule has 1 aliphatic heterocycles. The van der Waals surface area contributed by atoms with Gasteiger partial charge in [0.05, 0.1) is 19.8 Å². The van der Waals surface area contributed by atoms with E-state index in [4.69, 9.17) is 9.47 Å². The lowest BCUT2D eigenvalue weighted by molar-refractivity contribution is -0.116. The van der Waals surface area contributed by atoms with Crippen LogP contribution in [0.1, 0.15) is 29.0 Å². The Labute approximate surface area is 182 Å². The fourth-order valence-electron chi connectivity index (χ4n) is 3.55. The Balaban J connectivity index is 1.66. The van der Waals surface area contributed by atoms with Crippen molar-refractivity contribution in [2.75, 3.05) is 19.5 Å². The molecule has 0 saturated heterocycles. The molecule has 3 aromatic rings. The van der Waals surface area contributed by atoms with Gasteiger partial charge in [0, 0.05) is 18.1 Å². The van der Waals surface area contributed by atoms with Crippen molar-refractivity contribution in [3.63, 3.8) is 0 Å². The molecule has 9 heteroatoms. The number of benzene rings is 2. The highest BCUT2D eigenvalue weighted by molar-refractivity contribution is 7.98. The number of nitrogens with zero attached hydrogens (tertiary/aromatic N) is 1. The first kappa shape index (κ1) is 20.9. The number of halogens is 1. The predicted octanol–water partition coefficient (Wildman–Crippen LogP) is 3.69. The highest BCUT2D eigenvalue weighted by Crippen LogP contribution is 2.38. The number of carbonyl (C=O) groups excluding carboxylic acids is 1. The average Bonchev–Trinajstić information content (AvgIpc) is 2.76. The molecular formula is C22H20FN3O4S. The van der Waals surface area contributed by atoms with Crippen molar-refractivity contribution in [2.45, 2.75) is 23.2 Å². The van der Waals surface area contributed by atoms with Gasteiger partial charge in [-0.1, -0.05) is 30.0 Å². The number of thioether (sulfide) groups is 1. The smallest absolute Gasteiger partial charge is 0.257 e. The van der Waals surface area contributed by atoms with Crippen LogP contribution in [-0.4, -0.2) is 30.1 Å². The van der Waals surface area contributed by atoms with E-state index >= 15 is 0 Å². The summed E-state index contributed by atoms with van der Waals surface area (Å²) in [5, 5.41) is 3.05. The molecule has 2 aromatic carbocycles. The number of hydrogen-bond acceptors (Lipinski definition) is 6. The first-order chi connectivity index (χ1) is 15.0. The van der Waals surface area contributed by atoms with Crippen molar-refractivity contribution in [1.29, 1.82) is 0 Å². The number of anilines is 1. The molecule has 2 N–H and O–H groups in total. The van der Waals surface area contributed by atoms with Gasteiger partial charge >= 0.3 is 0 Å². The van der Waals surface area contributed by atoms with E-state index in [2.05, 4.69) is 15.3 Å². The highest BCUT2D eigenvalue weighted by atomic mass is 32.2. The molecule has 0 fully saturated rings. The van der Waals surface area contributed by atoms with Gasteiger partial charge in [-0.2, -0.15) is 0 Å². The van der Waals surface area contributed by atoms with Crippen LogP contribution in [0.4, 0.5) is 10.2 Å². The normalized spacial score (nSPS) is 15.2. The van der Waals surface area contributed by atoms with E-state index in [0.717, 1.165) is 11.1 Å². The zero-order chi connectivity index (χ0) is 22.0. The Morgan fingerprint density at radius 3 is 2.68 bits per heavy atom. The van der Waals surface area contributed by atoms with Crippen molar-refractivity contribution >= 4 is 23.5 Å². The summed E-state index contributed by atoms with van der Waals surface area (Å²) in [7, 11) is 3.07. The summed E-state index contributed by atoms with van der Waals surface area (Å²) in [6, 6.07) is 11.5. The minimum absolute atomic E-state index is 0.114. The Morgan fingerprint density at radius 1 is 1.13 bits per heavy atom. The number of aromatic amines is 1. The second-order valence-electron chi connectivity index (χ2n) is 6.97. The van der Waals surface area contributed by atoms with Gasteiger partial charge in [-0.15, -0.1) is 0 Å². The van der Waals surface area contributed by atoms with Crippen molar-refractivity contribution in [1.82, 2.24) is 9.97 Å². The quantitative estimate of drug-likeness (QED) is 0.448. The predicted molar refractivity (Wildman–Crippen MR) is 115 cm³/mol. The molecule has 1 aliphatic rings. The highest BCUT2D eigenvalue weighted by Gasteiger charge is 2.31. The summed E-state index contributed by atoms with van der Waals surface area (Å²) >= 11 is 1.26. The van der Waals surface area contributed by atoms with E-state index in [1.54, 1.807) is 37.4 Å². The molecule has 1 atom stereocenters. The van der Waals surface area contributed by atoms with E-state index in [9.17, 15) is 14.0 Å². The number of ether oxygens (including phenoxy) is 2. The van der Waals surface area contributed by atoms with Gasteiger partial charge in [-0.3, -0.25) is 9.59 Å². The second kappa shape index (κ2) is 8.81. The summed E-state index contributed by atoms with van der Waals surface area (Å²) < 4.78 is 24.0. The maximum Gasteiger partial charge on any atom is 0.257 e. The lowest BCUT2D eigenvalue weighted by atomic mass is 9.86. The van der Waals surface area contributed by atoms with Gasteiger partial charge in [-0.05, 0) is 35.4 Å². The summed E-state index contributed by atoms with van der Waals surface area (Å²) in [5.41, 5.74) is 1.58. The van der Waals surface area contributed by atoms with Crippen molar-refractivity contribution < 1.29 is 18.7 Å². The molecule has 31 heavy (non-hydrogen) atoms. The van der Waals surface area contributed by atoms with Crippen LogP contribution < -0.4 is 20.3 Å². The second-order valence-corrected chi connectivity index (χ2v) is 7.94. The van der Waals surface area contributed by atoms with Gasteiger partial charge in [0.25, 0.3) is 5.56 Å². The van der Waals surface area contributed by atoms with E-state index < -0.39 is 5.92 Å². The van der Waals surface area contributed by atoms with E-state index in [1.165, 1.54) is 31.0 Å². The zero-order valence-corrected chi connectivity index (χ0v) is 17.7. The Kier molecular flexibility index (Phi) is 5.94. The summed E-state index contributed by atoms with van der Waals surface area (Å²) in [5.74, 6) is 0.708. The van der Waals surface area contributed by atoms with Crippen LogP contribution in [0, 0.1) is 5.82 Å². The SMILES string of the molecule is COc1ccc(C2CC(=O)Nc3nc(SCc4cccc(F)c4)[nH]c(=O)c32)cc1OC. The van der Waals surface area contributed by atoms with Crippen LogP contribution in [-0.2, 0) is 10.5 Å². The number of amides is 1. The number of methoxy groups -OCH3 is 2. The fraction of sp³-hybridized carbons (Fsp3) is 0.227. The molecule has 0 radical (unpaired) electrons. The van der Waals surface area contributed by atoms with Crippen LogP contribution in [0.25, 0.3) is 0 Å². The number of nitrogens with one attached hydrogen (secondary N) is 2. The van der Waals surface area contributed by atoms with Gasteiger partial charge < -0.3 is 19.8 Å². The third kappa shape index (κ3) is 4.41. The first-order valence-corrected chi connectivity index (χ1v) is 10.5. The zero-order valence-electron chi connectivity index (χ0n) is 16.9. The largest absolute Gasteiger partial charge is 0.493 e. The van der Waals surface area contributed by atoms with Crippen LogP contribution >= 0.6 is 11.8 Å².